The quantitative estimate of drug-likeness (QED) is 0.758. The van der Waals surface area contributed by atoms with E-state index in [1.54, 1.807) is 30.9 Å². The predicted molar refractivity (Wildman–Crippen MR) is 78.8 cm³/mol. The number of aromatic nitrogens is 1. The molecule has 0 aliphatic carbocycles. The molecule has 0 fully saturated rings. The van der Waals surface area contributed by atoms with E-state index < -0.39 is 10.0 Å². The van der Waals surface area contributed by atoms with Gasteiger partial charge in [0.25, 0.3) is 0 Å². The van der Waals surface area contributed by atoms with Crippen molar-refractivity contribution < 1.29 is 8.42 Å². The van der Waals surface area contributed by atoms with Gasteiger partial charge in [0, 0.05) is 32.0 Å². The first kappa shape index (κ1) is 16.5. The van der Waals surface area contributed by atoms with Crippen LogP contribution in [0.5, 0.6) is 0 Å². The first-order chi connectivity index (χ1) is 8.70. The van der Waals surface area contributed by atoms with Crippen LogP contribution >= 0.6 is 11.6 Å². The highest BCUT2D eigenvalue weighted by molar-refractivity contribution is 7.89. The fourth-order valence-electron chi connectivity index (χ4n) is 2.08. The molecule has 0 spiro atoms. The molecule has 0 amide bonds. The summed E-state index contributed by atoms with van der Waals surface area (Å²) in [6.07, 6.45) is 2.45. The van der Waals surface area contributed by atoms with Crippen molar-refractivity contribution >= 4 is 21.6 Å². The van der Waals surface area contributed by atoms with Crippen LogP contribution in [-0.2, 0) is 23.0 Å². The number of sulfonamides is 1. The molecule has 1 heterocycles. The minimum absolute atomic E-state index is 0.0235. The van der Waals surface area contributed by atoms with Crippen LogP contribution in [0.3, 0.4) is 0 Å². The molecule has 0 bridgehead atoms. The van der Waals surface area contributed by atoms with Crippen LogP contribution in [0.4, 0.5) is 0 Å². The molecular weight excluding hydrogens is 284 g/mol. The average Bonchev–Trinajstić information content (AvgIpc) is 2.69. The molecule has 0 aliphatic heterocycles. The maximum absolute atomic E-state index is 12.5. The van der Waals surface area contributed by atoms with Gasteiger partial charge in [-0.15, -0.1) is 11.6 Å². The minimum Gasteiger partial charge on any atom is -0.352 e. The van der Waals surface area contributed by atoms with E-state index in [9.17, 15) is 8.42 Å². The van der Waals surface area contributed by atoms with Crippen molar-refractivity contribution in [3.63, 3.8) is 0 Å². The van der Waals surface area contributed by atoms with Gasteiger partial charge in [-0.1, -0.05) is 13.8 Å². The summed E-state index contributed by atoms with van der Waals surface area (Å²) in [6.45, 7) is 6.11. The van der Waals surface area contributed by atoms with Crippen molar-refractivity contribution in [2.45, 2.75) is 44.0 Å². The summed E-state index contributed by atoms with van der Waals surface area (Å²) in [5.74, 6) is 0.763. The first-order valence-electron chi connectivity index (χ1n) is 6.39. The molecule has 110 valence electrons. The van der Waals surface area contributed by atoms with Gasteiger partial charge in [0.15, 0.2) is 0 Å². The molecule has 19 heavy (non-hydrogen) atoms. The number of aryl methyl sites for hydroxylation is 1. The lowest BCUT2D eigenvalue weighted by molar-refractivity contribution is 0.338. The molecule has 1 rings (SSSR count). The van der Waals surface area contributed by atoms with E-state index in [0.29, 0.717) is 16.7 Å². The standard InChI is InChI=1S/C13H23ClN2O2S/c1-10(2)6-11(3)16(5)19(17,18)13-7-12(8-14)15(4)9-13/h7,9-11H,6,8H2,1-5H3. The van der Waals surface area contributed by atoms with Crippen molar-refractivity contribution in [3.8, 4) is 0 Å². The lowest BCUT2D eigenvalue weighted by Gasteiger charge is -2.25. The Labute approximate surface area is 121 Å². The number of nitrogens with zero attached hydrogens (tertiary/aromatic N) is 2. The predicted octanol–water partition coefficient (Wildman–Crippen LogP) is 2.82. The second-order valence-electron chi connectivity index (χ2n) is 5.41. The Morgan fingerprint density at radius 3 is 2.37 bits per heavy atom. The van der Waals surface area contributed by atoms with Crippen molar-refractivity contribution in [3.05, 3.63) is 18.0 Å². The van der Waals surface area contributed by atoms with Gasteiger partial charge in [0.2, 0.25) is 10.0 Å². The van der Waals surface area contributed by atoms with E-state index in [4.69, 9.17) is 11.6 Å². The topological polar surface area (TPSA) is 42.3 Å². The van der Waals surface area contributed by atoms with Crippen LogP contribution < -0.4 is 0 Å². The van der Waals surface area contributed by atoms with Crippen molar-refractivity contribution in [1.29, 1.82) is 0 Å². The summed E-state index contributed by atoms with van der Waals surface area (Å²) < 4.78 is 28.2. The Bertz CT molecular complexity index is 523. The SMILES string of the molecule is CC(C)CC(C)N(C)S(=O)(=O)c1cc(CCl)n(C)c1. The van der Waals surface area contributed by atoms with Crippen molar-refractivity contribution in [2.75, 3.05) is 7.05 Å². The van der Waals surface area contributed by atoms with Gasteiger partial charge < -0.3 is 4.57 Å². The van der Waals surface area contributed by atoms with Gasteiger partial charge in [-0.2, -0.15) is 4.31 Å². The Morgan fingerprint density at radius 1 is 1.37 bits per heavy atom. The average molecular weight is 307 g/mol. The summed E-state index contributed by atoms with van der Waals surface area (Å²) >= 11 is 5.78. The van der Waals surface area contributed by atoms with E-state index in [0.717, 1.165) is 12.1 Å². The van der Waals surface area contributed by atoms with Crippen LogP contribution in [-0.4, -0.2) is 30.4 Å². The zero-order valence-electron chi connectivity index (χ0n) is 12.2. The van der Waals surface area contributed by atoms with Crippen molar-refractivity contribution in [1.82, 2.24) is 8.87 Å². The normalized spacial score (nSPS) is 14.3. The highest BCUT2D eigenvalue weighted by atomic mass is 35.5. The summed E-state index contributed by atoms with van der Waals surface area (Å²) in [7, 11) is -0.00719. The molecule has 1 atom stereocenters. The molecular formula is C13H23ClN2O2S. The molecule has 0 aromatic carbocycles. The van der Waals surface area contributed by atoms with E-state index >= 15 is 0 Å². The largest absolute Gasteiger partial charge is 0.352 e. The lowest BCUT2D eigenvalue weighted by Crippen LogP contribution is -2.35. The highest BCUT2D eigenvalue weighted by Crippen LogP contribution is 2.22. The maximum Gasteiger partial charge on any atom is 0.244 e. The van der Waals surface area contributed by atoms with Gasteiger partial charge in [-0.3, -0.25) is 0 Å². The Balaban J connectivity index is 3.02. The second kappa shape index (κ2) is 6.29. The van der Waals surface area contributed by atoms with Crippen LogP contribution in [0.2, 0.25) is 0 Å². The zero-order chi connectivity index (χ0) is 14.8. The third-order valence-electron chi connectivity index (χ3n) is 3.33. The molecule has 6 heteroatoms. The number of alkyl halides is 1. The molecule has 0 aliphatic rings. The van der Waals surface area contributed by atoms with Gasteiger partial charge in [-0.25, -0.2) is 8.42 Å². The third kappa shape index (κ3) is 3.74. The summed E-state index contributed by atoms with van der Waals surface area (Å²) in [4.78, 5) is 0.309. The monoisotopic (exact) mass is 306 g/mol. The summed E-state index contributed by atoms with van der Waals surface area (Å²) in [5.41, 5.74) is 0.796. The van der Waals surface area contributed by atoms with E-state index in [1.165, 1.54) is 4.31 Å². The third-order valence-corrected chi connectivity index (χ3v) is 5.54. The molecule has 0 saturated carbocycles. The highest BCUT2D eigenvalue weighted by Gasteiger charge is 2.27. The number of hydrogen-bond donors (Lipinski definition) is 0. The molecule has 0 radical (unpaired) electrons. The van der Waals surface area contributed by atoms with E-state index in [-0.39, 0.29) is 6.04 Å². The number of hydrogen-bond acceptors (Lipinski definition) is 2. The van der Waals surface area contributed by atoms with E-state index in [1.807, 2.05) is 6.92 Å². The summed E-state index contributed by atoms with van der Waals surface area (Å²) in [6, 6.07) is 1.62. The minimum atomic E-state index is -3.44. The van der Waals surface area contributed by atoms with E-state index in [2.05, 4.69) is 13.8 Å². The van der Waals surface area contributed by atoms with Crippen LogP contribution in [0, 0.1) is 5.92 Å². The molecule has 4 nitrogen and oxygen atoms in total. The molecule has 1 unspecified atom stereocenters. The smallest absolute Gasteiger partial charge is 0.244 e. The van der Waals surface area contributed by atoms with Crippen molar-refractivity contribution in [2.24, 2.45) is 13.0 Å². The van der Waals surface area contributed by atoms with Gasteiger partial charge in [-0.05, 0) is 25.3 Å². The Kier molecular flexibility index (Phi) is 5.47. The van der Waals surface area contributed by atoms with Crippen LogP contribution in [0.25, 0.3) is 0 Å². The molecule has 1 aromatic heterocycles. The maximum atomic E-state index is 12.5. The Morgan fingerprint density at radius 2 is 1.95 bits per heavy atom. The number of halogens is 1. The Hall–Kier alpha value is -0.520. The fraction of sp³-hybridized carbons (Fsp3) is 0.692. The number of rotatable bonds is 6. The molecule has 1 aromatic rings. The van der Waals surface area contributed by atoms with Gasteiger partial charge in [0.05, 0.1) is 5.88 Å². The molecule has 0 N–H and O–H groups in total. The van der Waals surface area contributed by atoms with Crippen LogP contribution in [0.1, 0.15) is 32.9 Å². The van der Waals surface area contributed by atoms with Crippen LogP contribution in [0.15, 0.2) is 17.2 Å². The molecule has 0 saturated heterocycles. The lowest BCUT2D eigenvalue weighted by atomic mass is 10.1. The van der Waals surface area contributed by atoms with Gasteiger partial charge >= 0.3 is 0 Å². The second-order valence-corrected chi connectivity index (χ2v) is 7.68. The fourth-order valence-corrected chi connectivity index (χ4v) is 3.82. The zero-order valence-corrected chi connectivity index (χ0v) is 13.8. The first-order valence-corrected chi connectivity index (χ1v) is 8.36. The summed E-state index contributed by atoms with van der Waals surface area (Å²) in [5, 5.41) is 0. The van der Waals surface area contributed by atoms with Gasteiger partial charge in [0.1, 0.15) is 4.90 Å².